The molecule has 7 rings (SSSR count). The zero-order chi connectivity index (χ0) is 26.5. The van der Waals surface area contributed by atoms with Crippen molar-refractivity contribution in [2.24, 2.45) is 5.92 Å². The third-order valence-corrected chi connectivity index (χ3v) is 7.33. The largest absolute Gasteiger partial charge is 0.374 e. The second kappa shape index (κ2) is 9.24. The quantitative estimate of drug-likeness (QED) is 0.233. The summed E-state index contributed by atoms with van der Waals surface area (Å²) in [6, 6.07) is 3.62. The Bertz CT molecular complexity index is 1820. The molecule has 39 heavy (non-hydrogen) atoms. The molecule has 12 heteroatoms. The topological polar surface area (TPSA) is 146 Å². The van der Waals surface area contributed by atoms with Gasteiger partial charge >= 0.3 is 0 Å². The SMILES string of the molecule is Cc1cn(-c2ccnc3nc(-c4[nH]nc5ncc(-c6cncc(NC(O)C7CCCC7)c6)c(F)c45)[nH]c23)cn1. The third kappa shape index (κ3) is 4.09. The second-order valence-corrected chi connectivity index (χ2v) is 9.92. The summed E-state index contributed by atoms with van der Waals surface area (Å²) in [7, 11) is 0. The highest BCUT2D eigenvalue weighted by Gasteiger charge is 2.24. The van der Waals surface area contributed by atoms with Gasteiger partial charge in [-0.15, -0.1) is 0 Å². The van der Waals surface area contributed by atoms with Crippen LogP contribution in [0, 0.1) is 18.7 Å². The van der Waals surface area contributed by atoms with Gasteiger partial charge in [0.25, 0.3) is 0 Å². The molecule has 0 aliphatic heterocycles. The number of imidazole rings is 2. The molecule has 1 aliphatic rings. The third-order valence-electron chi connectivity index (χ3n) is 7.33. The summed E-state index contributed by atoms with van der Waals surface area (Å²) in [4.78, 5) is 25.2. The van der Waals surface area contributed by atoms with E-state index in [1.54, 1.807) is 31.0 Å². The molecule has 0 saturated heterocycles. The molecule has 0 amide bonds. The van der Waals surface area contributed by atoms with Crippen LogP contribution in [0.15, 0.2) is 49.4 Å². The van der Waals surface area contributed by atoms with Gasteiger partial charge in [0.2, 0.25) is 0 Å². The maximum atomic E-state index is 16.1. The van der Waals surface area contributed by atoms with E-state index in [1.807, 2.05) is 23.8 Å². The average molecular weight is 525 g/mol. The fraction of sp³-hybridized carbons (Fsp3) is 0.259. The first kappa shape index (κ1) is 23.4. The predicted octanol–water partition coefficient (Wildman–Crippen LogP) is 4.51. The van der Waals surface area contributed by atoms with E-state index >= 15 is 4.39 Å². The van der Waals surface area contributed by atoms with Gasteiger partial charge in [-0.3, -0.25) is 10.1 Å². The number of pyridine rings is 3. The van der Waals surface area contributed by atoms with E-state index < -0.39 is 12.0 Å². The average Bonchev–Trinajstić information content (AvgIpc) is 3.75. The minimum absolute atomic E-state index is 0.202. The van der Waals surface area contributed by atoms with E-state index in [-0.39, 0.29) is 22.5 Å². The Hall–Kier alpha value is -4.71. The maximum absolute atomic E-state index is 16.1. The van der Waals surface area contributed by atoms with Gasteiger partial charge in [-0.1, -0.05) is 12.8 Å². The predicted molar refractivity (Wildman–Crippen MR) is 143 cm³/mol. The Morgan fingerprint density at radius 1 is 1.13 bits per heavy atom. The van der Waals surface area contributed by atoms with E-state index in [9.17, 15) is 5.11 Å². The summed E-state index contributed by atoms with van der Waals surface area (Å²) in [5.74, 6) is 0.0850. The maximum Gasteiger partial charge on any atom is 0.184 e. The summed E-state index contributed by atoms with van der Waals surface area (Å²) in [6.07, 6.45) is 13.5. The molecule has 0 radical (unpaired) electrons. The second-order valence-electron chi connectivity index (χ2n) is 9.92. The number of fused-ring (bicyclic) bond motifs is 2. The first-order valence-corrected chi connectivity index (χ1v) is 12.8. The van der Waals surface area contributed by atoms with Crippen molar-refractivity contribution >= 4 is 27.9 Å². The number of hydrogen-bond donors (Lipinski definition) is 4. The fourth-order valence-electron chi connectivity index (χ4n) is 5.34. The smallest absolute Gasteiger partial charge is 0.184 e. The van der Waals surface area contributed by atoms with Crippen molar-refractivity contribution in [1.82, 2.24) is 44.7 Å². The molecule has 0 aromatic carbocycles. The molecular formula is C27H25FN10O. The van der Waals surface area contributed by atoms with Gasteiger partial charge in [-0.05, 0) is 31.9 Å². The van der Waals surface area contributed by atoms with E-state index in [1.165, 1.54) is 6.20 Å². The summed E-state index contributed by atoms with van der Waals surface area (Å²) >= 11 is 0. The van der Waals surface area contributed by atoms with Crippen LogP contribution in [0.4, 0.5) is 10.1 Å². The zero-order valence-electron chi connectivity index (χ0n) is 21.1. The molecule has 4 N–H and O–H groups in total. The highest BCUT2D eigenvalue weighted by molar-refractivity contribution is 5.94. The number of aromatic amines is 2. The van der Waals surface area contributed by atoms with Crippen molar-refractivity contribution in [2.75, 3.05) is 5.32 Å². The minimum Gasteiger partial charge on any atom is -0.374 e. The van der Waals surface area contributed by atoms with Gasteiger partial charge in [-0.25, -0.2) is 24.3 Å². The van der Waals surface area contributed by atoms with Gasteiger partial charge < -0.3 is 20.0 Å². The van der Waals surface area contributed by atoms with Gasteiger partial charge in [0.15, 0.2) is 17.1 Å². The van der Waals surface area contributed by atoms with Gasteiger partial charge in [0.05, 0.1) is 35.0 Å². The lowest BCUT2D eigenvalue weighted by atomic mass is 10.1. The van der Waals surface area contributed by atoms with Crippen LogP contribution >= 0.6 is 0 Å². The van der Waals surface area contributed by atoms with Crippen LogP contribution in [0.3, 0.4) is 0 Å². The summed E-state index contributed by atoms with van der Waals surface area (Å²) in [6.45, 7) is 1.91. The van der Waals surface area contributed by atoms with Crippen LogP contribution in [0.1, 0.15) is 31.4 Å². The molecule has 11 nitrogen and oxygen atoms in total. The monoisotopic (exact) mass is 524 g/mol. The fourth-order valence-corrected chi connectivity index (χ4v) is 5.34. The summed E-state index contributed by atoms with van der Waals surface area (Å²) < 4.78 is 18.0. The number of nitrogens with zero attached hydrogens (tertiary/aromatic N) is 7. The van der Waals surface area contributed by atoms with Gasteiger partial charge in [-0.2, -0.15) is 5.10 Å². The van der Waals surface area contributed by atoms with Gasteiger partial charge in [0.1, 0.15) is 23.3 Å². The van der Waals surface area contributed by atoms with E-state index in [4.69, 9.17) is 0 Å². The van der Waals surface area contributed by atoms with Crippen LogP contribution in [-0.2, 0) is 0 Å². The zero-order valence-corrected chi connectivity index (χ0v) is 21.1. The number of hydrogen-bond acceptors (Lipinski definition) is 8. The number of rotatable bonds is 6. The Morgan fingerprint density at radius 3 is 2.82 bits per heavy atom. The van der Waals surface area contributed by atoms with Crippen LogP contribution in [-0.4, -0.2) is 56.0 Å². The summed E-state index contributed by atoms with van der Waals surface area (Å²) in [5, 5.41) is 21.0. The molecule has 6 heterocycles. The van der Waals surface area contributed by atoms with Gasteiger partial charge in [0, 0.05) is 41.8 Å². The molecule has 1 saturated carbocycles. The van der Waals surface area contributed by atoms with Crippen molar-refractivity contribution < 1.29 is 9.50 Å². The number of anilines is 1. The number of aromatic nitrogens is 9. The number of halogens is 1. The Balaban J connectivity index is 1.28. The molecule has 1 fully saturated rings. The Morgan fingerprint density at radius 2 is 2.00 bits per heavy atom. The molecule has 1 unspecified atom stereocenters. The number of H-pyrrole nitrogens is 2. The van der Waals surface area contributed by atoms with E-state index in [0.717, 1.165) is 37.1 Å². The number of aryl methyl sites for hydroxylation is 1. The van der Waals surface area contributed by atoms with Crippen molar-refractivity contribution in [3.05, 3.63) is 61.0 Å². The molecule has 196 valence electrons. The number of aliphatic hydroxyl groups excluding tert-OH is 1. The molecule has 0 spiro atoms. The molecule has 1 atom stereocenters. The van der Waals surface area contributed by atoms with Crippen LogP contribution in [0.25, 0.3) is 50.5 Å². The minimum atomic E-state index is -0.673. The van der Waals surface area contributed by atoms with Crippen LogP contribution in [0.2, 0.25) is 0 Å². The van der Waals surface area contributed by atoms with E-state index in [2.05, 4.69) is 45.4 Å². The molecule has 0 bridgehead atoms. The van der Waals surface area contributed by atoms with Crippen molar-refractivity contribution in [3.63, 3.8) is 0 Å². The normalized spacial score (nSPS) is 14.9. The Kier molecular flexibility index (Phi) is 5.55. The van der Waals surface area contributed by atoms with Crippen molar-refractivity contribution in [2.45, 2.75) is 38.8 Å². The van der Waals surface area contributed by atoms with Crippen molar-refractivity contribution in [1.29, 1.82) is 0 Å². The molecule has 1 aliphatic carbocycles. The lowest BCUT2D eigenvalue weighted by Crippen LogP contribution is -2.26. The summed E-state index contributed by atoms with van der Waals surface area (Å²) in [5.41, 5.74) is 4.85. The lowest BCUT2D eigenvalue weighted by molar-refractivity contribution is 0.137. The Labute approximate surface area is 221 Å². The number of nitrogens with one attached hydrogen (secondary N) is 3. The first-order valence-electron chi connectivity index (χ1n) is 12.8. The molecule has 6 aromatic rings. The molecular weight excluding hydrogens is 499 g/mol. The van der Waals surface area contributed by atoms with Crippen LogP contribution in [0.5, 0.6) is 0 Å². The first-order chi connectivity index (χ1) is 19.0. The van der Waals surface area contributed by atoms with Crippen LogP contribution < -0.4 is 5.32 Å². The number of aliphatic hydroxyl groups is 1. The van der Waals surface area contributed by atoms with E-state index in [0.29, 0.717) is 33.9 Å². The molecule has 6 aromatic heterocycles. The van der Waals surface area contributed by atoms with Crippen molar-refractivity contribution in [3.8, 4) is 28.3 Å². The standard InChI is InChI=1S/C27H25FN10O/c1-14-12-38(13-32-14)19-6-7-30-25-22(19)34-26(35-25)23-20-21(28)18(11-31-24(20)37-36-23)16-8-17(10-29-9-16)33-27(39)15-4-2-3-5-15/h6-13,15,27,33,39H,2-5H2,1H3,(H,30,34,35)(H,31,36,37). The lowest BCUT2D eigenvalue weighted by Gasteiger charge is -2.20. The highest BCUT2D eigenvalue weighted by Crippen LogP contribution is 2.34. The highest BCUT2D eigenvalue weighted by atomic mass is 19.1.